The number of phosphoric acid groups is 1. The predicted octanol–water partition coefficient (Wildman–Crippen LogP) is 9.23. The van der Waals surface area contributed by atoms with Crippen molar-refractivity contribution in [1.29, 1.82) is 0 Å². The standard InChI is InChI=1S/C40H67N2O6P/c1-6-8-10-12-14-16-17-18-19-20-21-22-23-24-25-26-28-30-32-34-40(44)41-38(37-48-49(45,46)47-36-35-42(3,4)5)39(43)33-31-29-27-15-13-11-9-7-2/h8,10,13-16,18-19,21-22,24-25,28,30-31,33,38-39,43H,6-7,9,11-12,17,20,23,26-27,29,32,34-37H2,1-5H3,(H-,41,44,45,46)/p+1/b10-8-,15-13+,16-14-,19-18-,22-21-,25-24-,30-28-,33-31+. The minimum Gasteiger partial charge on any atom is -0.387 e. The van der Waals surface area contributed by atoms with Crippen molar-refractivity contribution in [2.75, 3.05) is 40.9 Å². The molecule has 9 heteroatoms. The molecule has 0 aromatic carbocycles. The van der Waals surface area contributed by atoms with E-state index in [1.54, 1.807) is 6.08 Å². The normalized spacial score (nSPS) is 15.8. The number of aliphatic hydroxyl groups is 1. The summed E-state index contributed by atoms with van der Waals surface area (Å²) in [7, 11) is 1.48. The van der Waals surface area contributed by atoms with Crippen LogP contribution in [0.1, 0.15) is 97.3 Å². The minimum atomic E-state index is -4.36. The van der Waals surface area contributed by atoms with E-state index < -0.39 is 20.0 Å². The van der Waals surface area contributed by atoms with Gasteiger partial charge in [0.15, 0.2) is 0 Å². The van der Waals surface area contributed by atoms with Crippen molar-refractivity contribution in [3.05, 3.63) is 97.2 Å². The summed E-state index contributed by atoms with van der Waals surface area (Å²) in [4.78, 5) is 22.9. The van der Waals surface area contributed by atoms with Crippen LogP contribution in [0.4, 0.5) is 0 Å². The van der Waals surface area contributed by atoms with Gasteiger partial charge in [-0.1, -0.05) is 124 Å². The van der Waals surface area contributed by atoms with Crippen LogP contribution in [0.2, 0.25) is 0 Å². The van der Waals surface area contributed by atoms with Crippen molar-refractivity contribution < 1.29 is 32.9 Å². The fourth-order valence-corrected chi connectivity index (χ4v) is 4.86. The lowest BCUT2D eigenvalue weighted by molar-refractivity contribution is -0.870. The zero-order valence-corrected chi connectivity index (χ0v) is 32.0. The highest BCUT2D eigenvalue weighted by molar-refractivity contribution is 7.47. The second-order valence-corrected chi connectivity index (χ2v) is 14.3. The molecule has 0 bridgehead atoms. The van der Waals surface area contributed by atoms with Crippen molar-refractivity contribution in [2.45, 2.75) is 109 Å². The summed E-state index contributed by atoms with van der Waals surface area (Å²) in [6.45, 7) is 4.49. The van der Waals surface area contributed by atoms with Gasteiger partial charge in [-0.3, -0.25) is 13.8 Å². The highest BCUT2D eigenvalue weighted by Crippen LogP contribution is 2.43. The molecule has 0 rings (SSSR count). The predicted molar refractivity (Wildman–Crippen MR) is 207 cm³/mol. The van der Waals surface area contributed by atoms with E-state index in [9.17, 15) is 19.4 Å². The molecule has 0 aromatic rings. The summed E-state index contributed by atoms with van der Waals surface area (Å²) in [6.07, 6.45) is 43.7. The monoisotopic (exact) mass is 703 g/mol. The Kier molecular flexibility index (Phi) is 29.8. The number of amides is 1. The number of hydrogen-bond acceptors (Lipinski definition) is 5. The first-order chi connectivity index (χ1) is 23.5. The van der Waals surface area contributed by atoms with Crippen LogP contribution in [0.5, 0.6) is 0 Å². The Morgan fingerprint density at radius 2 is 1.20 bits per heavy atom. The van der Waals surface area contributed by atoms with E-state index in [0.717, 1.165) is 64.2 Å². The molecule has 8 nitrogen and oxygen atoms in total. The summed E-state index contributed by atoms with van der Waals surface area (Å²) in [6, 6.07) is -0.906. The Hall–Kier alpha value is -2.58. The molecular weight excluding hydrogens is 635 g/mol. The Balaban J connectivity index is 4.65. The van der Waals surface area contributed by atoms with Crippen molar-refractivity contribution in [2.24, 2.45) is 0 Å². The highest BCUT2D eigenvalue weighted by atomic mass is 31.2. The first-order valence-corrected chi connectivity index (χ1v) is 19.6. The smallest absolute Gasteiger partial charge is 0.387 e. The molecular formula is C40H68N2O6P+. The Morgan fingerprint density at radius 1 is 0.714 bits per heavy atom. The third-order valence-corrected chi connectivity index (χ3v) is 8.04. The van der Waals surface area contributed by atoms with Crippen LogP contribution in [0.3, 0.4) is 0 Å². The number of carbonyl (C=O) groups excluding carboxylic acids is 1. The van der Waals surface area contributed by atoms with E-state index in [-0.39, 0.29) is 25.5 Å². The minimum absolute atomic E-state index is 0.0362. The van der Waals surface area contributed by atoms with Gasteiger partial charge < -0.3 is 19.8 Å². The molecule has 0 heterocycles. The van der Waals surface area contributed by atoms with Gasteiger partial charge in [0.05, 0.1) is 39.9 Å². The lowest BCUT2D eigenvalue weighted by Crippen LogP contribution is -2.45. The number of nitrogens with one attached hydrogen (secondary N) is 1. The molecule has 0 saturated carbocycles. The van der Waals surface area contributed by atoms with E-state index in [1.807, 2.05) is 39.4 Å². The Morgan fingerprint density at radius 3 is 1.73 bits per heavy atom. The fraction of sp³-hybridized carbons (Fsp3) is 0.575. The summed E-state index contributed by atoms with van der Waals surface area (Å²) in [5.41, 5.74) is 0. The van der Waals surface area contributed by atoms with Crippen LogP contribution in [-0.4, -0.2) is 73.4 Å². The molecule has 0 fully saturated rings. The Labute approximate surface area is 299 Å². The van der Waals surface area contributed by atoms with Crippen LogP contribution in [0, 0.1) is 0 Å². The SMILES string of the molecule is CC/C=C\C/C=C\C/C=C\C/C=C\C/C=C\C/C=C\CCC(=O)NC(COP(=O)(O)OCC[N+](C)(C)C)C(O)/C=C/CC/C=C/CCCC. The highest BCUT2D eigenvalue weighted by Gasteiger charge is 2.27. The van der Waals surface area contributed by atoms with Gasteiger partial charge in [0.1, 0.15) is 13.2 Å². The van der Waals surface area contributed by atoms with Crippen molar-refractivity contribution >= 4 is 13.7 Å². The molecule has 3 N–H and O–H groups in total. The topological polar surface area (TPSA) is 105 Å². The number of carbonyl (C=O) groups is 1. The number of allylic oxidation sites excluding steroid dienone is 15. The maximum absolute atomic E-state index is 12.7. The molecule has 49 heavy (non-hydrogen) atoms. The number of phosphoric ester groups is 1. The number of hydrogen-bond donors (Lipinski definition) is 3. The van der Waals surface area contributed by atoms with Crippen LogP contribution in [0.25, 0.3) is 0 Å². The van der Waals surface area contributed by atoms with Crippen LogP contribution < -0.4 is 5.32 Å². The average Bonchev–Trinajstić information content (AvgIpc) is 3.04. The third kappa shape index (κ3) is 33.7. The van der Waals surface area contributed by atoms with Gasteiger partial charge >= 0.3 is 7.82 Å². The van der Waals surface area contributed by atoms with Gasteiger partial charge in [0.2, 0.25) is 5.91 Å². The van der Waals surface area contributed by atoms with Gasteiger partial charge in [-0.15, -0.1) is 0 Å². The maximum Gasteiger partial charge on any atom is 0.472 e. The molecule has 0 aliphatic rings. The van der Waals surface area contributed by atoms with Gasteiger partial charge in [-0.25, -0.2) is 4.57 Å². The van der Waals surface area contributed by atoms with E-state index >= 15 is 0 Å². The summed E-state index contributed by atoms with van der Waals surface area (Å²) in [5.74, 6) is -0.279. The molecule has 3 atom stereocenters. The summed E-state index contributed by atoms with van der Waals surface area (Å²) >= 11 is 0. The Bertz CT molecular complexity index is 1110. The van der Waals surface area contributed by atoms with Crippen molar-refractivity contribution in [3.8, 4) is 0 Å². The molecule has 0 aliphatic heterocycles. The number of likely N-dealkylation sites (N-methyl/N-ethyl adjacent to an activating group) is 1. The number of unbranched alkanes of at least 4 members (excludes halogenated alkanes) is 3. The molecule has 0 spiro atoms. The van der Waals surface area contributed by atoms with Crippen molar-refractivity contribution in [3.63, 3.8) is 0 Å². The second kappa shape index (κ2) is 31.4. The van der Waals surface area contributed by atoms with Crippen LogP contribution in [0.15, 0.2) is 97.2 Å². The second-order valence-electron chi connectivity index (χ2n) is 12.8. The number of nitrogens with zero attached hydrogens (tertiary/aromatic N) is 1. The van der Waals surface area contributed by atoms with Gasteiger partial charge in [-0.2, -0.15) is 0 Å². The average molecular weight is 704 g/mol. The largest absolute Gasteiger partial charge is 0.472 e. The maximum atomic E-state index is 12.7. The molecule has 0 aliphatic carbocycles. The number of rotatable bonds is 30. The third-order valence-electron chi connectivity index (χ3n) is 7.05. The van der Waals surface area contributed by atoms with Gasteiger partial charge in [0.25, 0.3) is 0 Å². The van der Waals surface area contributed by atoms with Crippen molar-refractivity contribution in [1.82, 2.24) is 5.32 Å². The zero-order valence-electron chi connectivity index (χ0n) is 31.1. The fourth-order valence-electron chi connectivity index (χ4n) is 4.12. The van der Waals surface area contributed by atoms with Gasteiger partial charge in [-0.05, 0) is 64.2 Å². The molecule has 0 aromatic heterocycles. The molecule has 3 unspecified atom stereocenters. The first-order valence-electron chi connectivity index (χ1n) is 18.1. The molecule has 0 saturated heterocycles. The number of aliphatic hydroxyl groups excluding tert-OH is 1. The molecule has 278 valence electrons. The van der Waals surface area contributed by atoms with E-state index in [2.05, 4.69) is 92.1 Å². The quantitative estimate of drug-likeness (QED) is 0.0298. The van der Waals surface area contributed by atoms with E-state index in [0.29, 0.717) is 17.4 Å². The van der Waals surface area contributed by atoms with Crippen LogP contribution >= 0.6 is 7.82 Å². The molecule has 0 radical (unpaired) electrons. The number of quaternary nitrogens is 1. The zero-order chi connectivity index (χ0) is 36.5. The summed E-state index contributed by atoms with van der Waals surface area (Å²) in [5, 5.41) is 13.6. The van der Waals surface area contributed by atoms with Gasteiger partial charge in [0, 0.05) is 6.42 Å². The van der Waals surface area contributed by atoms with E-state index in [1.165, 1.54) is 6.42 Å². The summed E-state index contributed by atoms with van der Waals surface area (Å²) < 4.78 is 23.3. The lowest BCUT2D eigenvalue weighted by Gasteiger charge is -2.25. The van der Waals surface area contributed by atoms with E-state index in [4.69, 9.17) is 9.05 Å². The molecule has 1 amide bonds. The van der Waals surface area contributed by atoms with Crippen LogP contribution in [-0.2, 0) is 18.4 Å². The lowest BCUT2D eigenvalue weighted by atomic mass is 10.1. The first kappa shape index (κ1) is 46.4.